The standard InChI is InChI=1S/C29H21ClF3N3O4.Na/c30-23-15-22-18(2-1-3-21(22)28(38)39)14-25(23)40-20-10-6-17(7-11-20)27(37)34-26-13-12-24(35-36-26)16-4-8-19(9-5-16)29(31,32)33;/h4-15,21H,1-3H2,(H,38,39)(H,34,36,37);/q;+1/p-1. The van der Waals surface area contributed by atoms with Crippen LogP contribution in [0.4, 0.5) is 19.0 Å². The fourth-order valence-corrected chi connectivity index (χ4v) is 4.71. The van der Waals surface area contributed by atoms with Gasteiger partial charge in [-0.2, -0.15) is 13.2 Å². The van der Waals surface area contributed by atoms with E-state index in [0.717, 1.165) is 24.1 Å². The molecule has 0 saturated heterocycles. The zero-order chi connectivity index (χ0) is 28.4. The molecule has 0 radical (unpaired) electrons. The van der Waals surface area contributed by atoms with Crippen LogP contribution in [-0.4, -0.2) is 22.1 Å². The van der Waals surface area contributed by atoms with Crippen LogP contribution < -0.4 is 44.7 Å². The summed E-state index contributed by atoms with van der Waals surface area (Å²) in [7, 11) is 0. The predicted molar refractivity (Wildman–Crippen MR) is 139 cm³/mol. The number of nitrogens with zero attached hydrogens (tertiary/aromatic N) is 2. The van der Waals surface area contributed by atoms with Crippen LogP contribution in [0.1, 0.15) is 45.8 Å². The van der Waals surface area contributed by atoms with Crippen molar-refractivity contribution in [3.63, 3.8) is 0 Å². The molecule has 0 aliphatic heterocycles. The molecule has 1 aliphatic rings. The molecule has 1 atom stereocenters. The van der Waals surface area contributed by atoms with Crippen molar-refractivity contribution in [1.29, 1.82) is 0 Å². The number of carboxylic acids is 1. The number of hydrogen-bond donors (Lipinski definition) is 1. The van der Waals surface area contributed by atoms with Crippen LogP contribution in [0, 0.1) is 0 Å². The van der Waals surface area contributed by atoms with Gasteiger partial charge in [0, 0.05) is 23.0 Å². The molecule has 1 N–H and O–H groups in total. The third-order valence-electron chi connectivity index (χ3n) is 6.55. The fraction of sp³-hybridized carbons (Fsp3) is 0.172. The Hall–Kier alpha value is -3.44. The van der Waals surface area contributed by atoms with Gasteiger partial charge in [-0.15, -0.1) is 10.2 Å². The average Bonchev–Trinajstić information content (AvgIpc) is 2.93. The summed E-state index contributed by atoms with van der Waals surface area (Å²) in [5.41, 5.74) is 1.85. The minimum absolute atomic E-state index is 0. The number of alkyl halides is 3. The molecule has 12 heteroatoms. The number of aromatic nitrogens is 2. The minimum Gasteiger partial charge on any atom is -0.549 e. The number of carbonyl (C=O) groups is 2. The molecule has 1 heterocycles. The molecule has 41 heavy (non-hydrogen) atoms. The zero-order valence-corrected chi connectivity index (χ0v) is 24.4. The Balaban J connectivity index is 0.00000387. The Bertz CT molecular complexity index is 1560. The smallest absolute Gasteiger partial charge is 0.549 e. The SMILES string of the molecule is O=C(Nc1ccc(-c2ccc(C(F)(F)F)cc2)nn1)c1ccc(Oc2cc3c(cc2Cl)C(C(=O)[O-])CCC3)cc1.[Na+]. The maximum Gasteiger partial charge on any atom is 1.00 e. The van der Waals surface area contributed by atoms with Crippen LogP contribution in [-0.2, 0) is 17.4 Å². The average molecular weight is 590 g/mol. The van der Waals surface area contributed by atoms with Crippen molar-refractivity contribution in [2.75, 3.05) is 5.32 Å². The normalized spacial score (nSPS) is 14.4. The first-order valence-corrected chi connectivity index (χ1v) is 12.6. The molecule has 5 rings (SSSR count). The number of halogens is 4. The van der Waals surface area contributed by atoms with Gasteiger partial charge in [-0.25, -0.2) is 0 Å². The number of ether oxygens (including phenoxy) is 1. The van der Waals surface area contributed by atoms with E-state index in [9.17, 15) is 27.9 Å². The van der Waals surface area contributed by atoms with Crippen molar-refractivity contribution < 1.29 is 62.2 Å². The van der Waals surface area contributed by atoms with Crippen LogP contribution in [0.5, 0.6) is 11.5 Å². The Morgan fingerprint density at radius 1 is 0.976 bits per heavy atom. The number of carboxylic acid groups (broad SMARTS) is 1. The molecule has 1 aromatic heterocycles. The molecule has 204 valence electrons. The van der Waals surface area contributed by atoms with Gasteiger partial charge in [0.1, 0.15) is 11.5 Å². The molecule has 1 unspecified atom stereocenters. The minimum atomic E-state index is -4.43. The second kappa shape index (κ2) is 12.6. The predicted octanol–water partition coefficient (Wildman–Crippen LogP) is 3.03. The number of nitrogens with one attached hydrogen (secondary N) is 1. The van der Waals surface area contributed by atoms with Crippen LogP contribution in [0.3, 0.4) is 0 Å². The van der Waals surface area contributed by atoms with E-state index < -0.39 is 29.5 Å². The number of fused-ring (bicyclic) bond motifs is 1. The topological polar surface area (TPSA) is 104 Å². The summed E-state index contributed by atoms with van der Waals surface area (Å²) in [5, 5.41) is 22.3. The first kappa shape index (κ1) is 30.5. The molecule has 1 amide bonds. The maximum absolute atomic E-state index is 12.8. The largest absolute Gasteiger partial charge is 1.00 e. The zero-order valence-electron chi connectivity index (χ0n) is 21.7. The first-order valence-electron chi connectivity index (χ1n) is 12.2. The number of benzene rings is 3. The van der Waals surface area contributed by atoms with Crippen LogP contribution in [0.25, 0.3) is 11.3 Å². The fourth-order valence-electron chi connectivity index (χ4n) is 4.50. The van der Waals surface area contributed by atoms with E-state index in [2.05, 4.69) is 15.5 Å². The number of amides is 1. The van der Waals surface area contributed by atoms with Gasteiger partial charge in [-0.05, 0) is 91.1 Å². The van der Waals surface area contributed by atoms with Gasteiger partial charge in [-0.1, -0.05) is 23.7 Å². The van der Waals surface area contributed by atoms with Gasteiger partial charge < -0.3 is 20.0 Å². The number of hydrogen-bond acceptors (Lipinski definition) is 6. The van der Waals surface area contributed by atoms with E-state index >= 15 is 0 Å². The second-order valence-corrected chi connectivity index (χ2v) is 9.61. The molecular weight excluding hydrogens is 570 g/mol. The number of anilines is 1. The van der Waals surface area contributed by atoms with Crippen molar-refractivity contribution in [2.24, 2.45) is 0 Å². The summed E-state index contributed by atoms with van der Waals surface area (Å²) in [6.45, 7) is 0. The first-order chi connectivity index (χ1) is 19.1. The summed E-state index contributed by atoms with van der Waals surface area (Å²) in [5.74, 6) is -1.31. The van der Waals surface area contributed by atoms with E-state index in [1.165, 1.54) is 18.2 Å². The molecular formula is C29H20ClF3N3NaO4. The summed E-state index contributed by atoms with van der Waals surface area (Å²) in [6.07, 6.45) is -2.49. The number of aliphatic carboxylic acids is 1. The van der Waals surface area contributed by atoms with Gasteiger partial charge in [-0.3, -0.25) is 4.79 Å². The van der Waals surface area contributed by atoms with Crippen molar-refractivity contribution in [1.82, 2.24) is 10.2 Å². The van der Waals surface area contributed by atoms with Crippen LogP contribution in [0.15, 0.2) is 72.8 Å². The third kappa shape index (κ3) is 7.08. The monoisotopic (exact) mass is 589 g/mol. The van der Waals surface area contributed by atoms with Gasteiger partial charge in [0.2, 0.25) is 0 Å². The Morgan fingerprint density at radius 3 is 2.29 bits per heavy atom. The summed E-state index contributed by atoms with van der Waals surface area (Å²) >= 11 is 6.37. The quantitative estimate of drug-likeness (QED) is 0.347. The molecule has 7 nitrogen and oxygen atoms in total. The molecule has 0 saturated carbocycles. The molecule has 0 spiro atoms. The van der Waals surface area contributed by atoms with Gasteiger partial charge >= 0.3 is 35.7 Å². The number of aryl methyl sites for hydroxylation is 1. The van der Waals surface area contributed by atoms with Crippen LogP contribution >= 0.6 is 11.6 Å². The summed E-state index contributed by atoms with van der Waals surface area (Å²) in [6, 6.07) is 17.2. The second-order valence-electron chi connectivity index (χ2n) is 9.20. The van der Waals surface area contributed by atoms with Crippen molar-refractivity contribution in [3.8, 4) is 22.8 Å². The van der Waals surface area contributed by atoms with Gasteiger partial charge in [0.05, 0.1) is 16.3 Å². The number of carbonyl (C=O) groups excluding carboxylic acids is 2. The van der Waals surface area contributed by atoms with E-state index in [-0.39, 0.29) is 40.4 Å². The number of rotatable bonds is 6. The van der Waals surface area contributed by atoms with Crippen molar-refractivity contribution in [3.05, 3.63) is 100 Å². The Kier molecular flexibility index (Phi) is 9.38. The molecule has 0 bridgehead atoms. The third-order valence-corrected chi connectivity index (χ3v) is 6.85. The van der Waals surface area contributed by atoms with Gasteiger partial charge in [0.25, 0.3) is 5.91 Å². The van der Waals surface area contributed by atoms with E-state index in [0.29, 0.717) is 46.7 Å². The van der Waals surface area contributed by atoms with Crippen molar-refractivity contribution >= 4 is 29.3 Å². The van der Waals surface area contributed by atoms with E-state index in [1.54, 1.807) is 42.5 Å². The summed E-state index contributed by atoms with van der Waals surface area (Å²) in [4.78, 5) is 24.1. The van der Waals surface area contributed by atoms with E-state index in [1.807, 2.05) is 0 Å². The Labute approximate surface area is 260 Å². The molecule has 0 fully saturated rings. The maximum atomic E-state index is 12.8. The van der Waals surface area contributed by atoms with Crippen molar-refractivity contribution in [2.45, 2.75) is 31.4 Å². The molecule has 3 aromatic carbocycles. The Morgan fingerprint density at radius 2 is 1.68 bits per heavy atom. The van der Waals surface area contributed by atoms with E-state index in [4.69, 9.17) is 16.3 Å². The van der Waals surface area contributed by atoms with Crippen LogP contribution in [0.2, 0.25) is 5.02 Å². The van der Waals surface area contributed by atoms with Gasteiger partial charge in [0.15, 0.2) is 5.82 Å². The molecule has 4 aromatic rings. The molecule has 1 aliphatic carbocycles. The summed E-state index contributed by atoms with van der Waals surface area (Å²) < 4.78 is 44.2.